The lowest BCUT2D eigenvalue weighted by molar-refractivity contribution is 0.103. The molecule has 0 amide bonds. The smallest absolute Gasteiger partial charge is 0.0930 e. The molecule has 0 saturated carbocycles. The fourth-order valence-electron chi connectivity index (χ4n) is 3.71. The van der Waals surface area contributed by atoms with Crippen molar-refractivity contribution in [2.24, 2.45) is 0 Å². The molecular weight excluding hydrogens is 284 g/mol. The van der Waals surface area contributed by atoms with Crippen molar-refractivity contribution >= 4 is 21.8 Å². The van der Waals surface area contributed by atoms with Gasteiger partial charge in [0, 0.05) is 22.9 Å². The predicted octanol–water partition coefficient (Wildman–Crippen LogP) is 3.91. The van der Waals surface area contributed by atoms with Crippen molar-refractivity contribution in [1.29, 1.82) is 0 Å². The quantitative estimate of drug-likeness (QED) is 0.745. The third-order valence-corrected chi connectivity index (χ3v) is 4.84. The van der Waals surface area contributed by atoms with Crippen molar-refractivity contribution in [3.8, 4) is 0 Å². The lowest BCUT2D eigenvalue weighted by atomic mass is 9.97. The molecule has 1 fully saturated rings. The maximum Gasteiger partial charge on any atom is 0.0930 e. The first kappa shape index (κ1) is 14.6. The van der Waals surface area contributed by atoms with E-state index in [1.807, 2.05) is 36.4 Å². The Kier molecular flexibility index (Phi) is 3.98. The number of aromatic nitrogens is 1. The molecule has 1 aliphatic rings. The summed E-state index contributed by atoms with van der Waals surface area (Å²) in [6, 6.07) is 16.3. The summed E-state index contributed by atoms with van der Waals surface area (Å²) in [5, 5.41) is 13.1. The Hall–Kier alpha value is -1.97. The minimum Gasteiger partial charge on any atom is -0.387 e. The summed E-state index contributed by atoms with van der Waals surface area (Å²) >= 11 is 0. The predicted molar refractivity (Wildman–Crippen MR) is 94.5 cm³/mol. The number of hydrogen-bond donors (Lipinski definition) is 1. The third-order valence-electron chi connectivity index (χ3n) is 4.84. The number of rotatable bonds is 3. The van der Waals surface area contributed by atoms with Gasteiger partial charge in [0.15, 0.2) is 0 Å². The molecule has 2 aromatic carbocycles. The van der Waals surface area contributed by atoms with Gasteiger partial charge in [-0.15, -0.1) is 0 Å². The number of para-hydroxylation sites is 2. The number of hydrogen-bond acceptors (Lipinski definition) is 3. The van der Waals surface area contributed by atoms with Gasteiger partial charge in [-0.3, -0.25) is 0 Å². The molecule has 1 N–H and O–H groups in total. The largest absolute Gasteiger partial charge is 0.387 e. The van der Waals surface area contributed by atoms with Crippen molar-refractivity contribution in [2.75, 3.05) is 19.6 Å². The summed E-state index contributed by atoms with van der Waals surface area (Å²) in [5.41, 5.74) is 2.94. The number of benzene rings is 2. The number of piperidine rings is 1. The molecular formula is C20H22N2O. The van der Waals surface area contributed by atoms with E-state index in [-0.39, 0.29) is 0 Å². The van der Waals surface area contributed by atoms with Gasteiger partial charge in [0.1, 0.15) is 0 Å². The summed E-state index contributed by atoms with van der Waals surface area (Å²) in [4.78, 5) is 7.13. The van der Waals surface area contributed by atoms with Crippen LogP contribution in [-0.4, -0.2) is 34.6 Å². The first-order chi connectivity index (χ1) is 11.3. The molecule has 1 atom stereocenters. The van der Waals surface area contributed by atoms with Gasteiger partial charge in [0.25, 0.3) is 0 Å². The number of β-amino-alcohol motifs (C(OH)–C–C–N with tert-alkyl or cyclic N) is 1. The van der Waals surface area contributed by atoms with Crippen molar-refractivity contribution in [2.45, 2.75) is 25.4 Å². The Morgan fingerprint density at radius 3 is 2.04 bits per heavy atom. The highest BCUT2D eigenvalue weighted by molar-refractivity contribution is 5.97. The topological polar surface area (TPSA) is 36.4 Å². The highest BCUT2D eigenvalue weighted by Crippen LogP contribution is 2.31. The van der Waals surface area contributed by atoms with Gasteiger partial charge in [0.2, 0.25) is 0 Å². The van der Waals surface area contributed by atoms with E-state index >= 15 is 0 Å². The molecule has 118 valence electrons. The molecule has 4 rings (SSSR count). The van der Waals surface area contributed by atoms with Crippen LogP contribution in [0.25, 0.3) is 21.8 Å². The van der Waals surface area contributed by atoms with Gasteiger partial charge in [0.05, 0.1) is 17.1 Å². The average molecular weight is 306 g/mol. The van der Waals surface area contributed by atoms with E-state index in [4.69, 9.17) is 4.98 Å². The molecule has 1 aliphatic heterocycles. The Bertz CT molecular complexity index is 770. The van der Waals surface area contributed by atoms with Crippen LogP contribution in [0.1, 0.15) is 30.9 Å². The summed E-state index contributed by atoms with van der Waals surface area (Å²) in [6.07, 6.45) is 3.31. The van der Waals surface area contributed by atoms with Crippen LogP contribution in [0.2, 0.25) is 0 Å². The van der Waals surface area contributed by atoms with Crippen LogP contribution in [0, 0.1) is 0 Å². The SMILES string of the molecule is O[C@@H](CN1CCCCC1)c1c2ccccc2nc2ccccc12. The maximum absolute atomic E-state index is 11.0. The van der Waals surface area contributed by atoms with E-state index in [0.29, 0.717) is 6.54 Å². The Morgan fingerprint density at radius 2 is 1.43 bits per heavy atom. The molecule has 3 nitrogen and oxygen atoms in total. The lowest BCUT2D eigenvalue weighted by Crippen LogP contribution is -2.33. The lowest BCUT2D eigenvalue weighted by Gasteiger charge is -2.29. The van der Waals surface area contributed by atoms with E-state index in [1.165, 1.54) is 19.3 Å². The molecule has 3 heteroatoms. The van der Waals surface area contributed by atoms with Gasteiger partial charge in [-0.05, 0) is 38.1 Å². The van der Waals surface area contributed by atoms with Crippen LogP contribution in [-0.2, 0) is 0 Å². The van der Waals surface area contributed by atoms with E-state index in [9.17, 15) is 5.11 Å². The fraction of sp³-hybridized carbons (Fsp3) is 0.350. The first-order valence-electron chi connectivity index (χ1n) is 8.51. The van der Waals surface area contributed by atoms with Crippen LogP contribution >= 0.6 is 0 Å². The number of nitrogens with zero attached hydrogens (tertiary/aromatic N) is 2. The van der Waals surface area contributed by atoms with E-state index in [2.05, 4.69) is 17.0 Å². The van der Waals surface area contributed by atoms with Crippen LogP contribution in [0.5, 0.6) is 0 Å². The highest BCUT2D eigenvalue weighted by atomic mass is 16.3. The molecule has 0 unspecified atom stereocenters. The highest BCUT2D eigenvalue weighted by Gasteiger charge is 2.20. The van der Waals surface area contributed by atoms with Crippen LogP contribution in [0.4, 0.5) is 0 Å². The van der Waals surface area contributed by atoms with Gasteiger partial charge >= 0.3 is 0 Å². The van der Waals surface area contributed by atoms with Crippen molar-refractivity contribution in [1.82, 2.24) is 9.88 Å². The van der Waals surface area contributed by atoms with Gasteiger partial charge in [-0.2, -0.15) is 0 Å². The van der Waals surface area contributed by atoms with Crippen LogP contribution in [0.3, 0.4) is 0 Å². The minimum absolute atomic E-state index is 0.481. The van der Waals surface area contributed by atoms with E-state index in [1.54, 1.807) is 0 Å². The van der Waals surface area contributed by atoms with E-state index in [0.717, 1.165) is 40.5 Å². The second kappa shape index (κ2) is 6.26. The number of likely N-dealkylation sites (tertiary alicyclic amines) is 1. The van der Waals surface area contributed by atoms with Crippen molar-refractivity contribution < 1.29 is 5.11 Å². The van der Waals surface area contributed by atoms with Gasteiger partial charge in [-0.25, -0.2) is 4.98 Å². The maximum atomic E-state index is 11.0. The summed E-state index contributed by atoms with van der Waals surface area (Å²) in [6.45, 7) is 2.90. The zero-order valence-electron chi connectivity index (χ0n) is 13.3. The Balaban J connectivity index is 1.81. The summed E-state index contributed by atoms with van der Waals surface area (Å²) in [7, 11) is 0. The molecule has 2 heterocycles. The van der Waals surface area contributed by atoms with Crippen molar-refractivity contribution in [3.05, 3.63) is 54.1 Å². The molecule has 3 aromatic rings. The Morgan fingerprint density at radius 1 is 0.870 bits per heavy atom. The second-order valence-corrected chi connectivity index (χ2v) is 6.44. The minimum atomic E-state index is -0.481. The summed E-state index contributed by atoms with van der Waals surface area (Å²) in [5.74, 6) is 0. The first-order valence-corrected chi connectivity index (χ1v) is 8.51. The van der Waals surface area contributed by atoms with Crippen molar-refractivity contribution in [3.63, 3.8) is 0 Å². The van der Waals surface area contributed by atoms with E-state index < -0.39 is 6.10 Å². The number of aliphatic hydroxyl groups is 1. The molecule has 23 heavy (non-hydrogen) atoms. The zero-order chi connectivity index (χ0) is 15.6. The normalized spacial score (nSPS) is 17.6. The number of fused-ring (bicyclic) bond motifs is 2. The monoisotopic (exact) mass is 306 g/mol. The molecule has 0 bridgehead atoms. The molecule has 0 spiro atoms. The standard InChI is InChI=1S/C20H22N2O/c23-19(14-22-12-6-1-7-13-22)20-15-8-2-4-10-17(15)21-18-11-5-3-9-16(18)20/h2-5,8-11,19,23H,1,6-7,12-14H2/t19-/m0/s1. The zero-order valence-corrected chi connectivity index (χ0v) is 13.3. The molecule has 0 radical (unpaired) electrons. The molecule has 1 saturated heterocycles. The van der Waals surface area contributed by atoms with Gasteiger partial charge < -0.3 is 10.0 Å². The Labute approximate surface area is 136 Å². The van der Waals surface area contributed by atoms with Crippen LogP contribution in [0.15, 0.2) is 48.5 Å². The fourth-order valence-corrected chi connectivity index (χ4v) is 3.71. The molecule has 0 aliphatic carbocycles. The number of aliphatic hydroxyl groups excluding tert-OH is 1. The molecule has 1 aromatic heterocycles. The summed E-state index contributed by atoms with van der Waals surface area (Å²) < 4.78 is 0. The third kappa shape index (κ3) is 2.82. The van der Waals surface area contributed by atoms with Crippen LogP contribution < -0.4 is 0 Å². The second-order valence-electron chi connectivity index (χ2n) is 6.44. The number of pyridine rings is 1. The van der Waals surface area contributed by atoms with Gasteiger partial charge in [-0.1, -0.05) is 42.8 Å². The average Bonchev–Trinajstić information content (AvgIpc) is 2.60.